The largest absolute Gasteiger partial charge is 0.370 e. The number of unbranched alkanes of at least 4 members (excludes halogenated alkanes) is 1. The third kappa shape index (κ3) is 7.34. The van der Waals surface area contributed by atoms with E-state index in [2.05, 4.69) is 34.2 Å². The average Bonchev–Trinajstić information content (AvgIpc) is 3.16. The Kier molecular flexibility index (Phi) is 9.44. The molecule has 164 valence electrons. The van der Waals surface area contributed by atoms with Crippen LogP contribution in [0, 0.1) is 5.92 Å². The van der Waals surface area contributed by atoms with Crippen molar-refractivity contribution in [3.8, 4) is 0 Å². The van der Waals surface area contributed by atoms with Crippen molar-refractivity contribution in [3.63, 3.8) is 0 Å². The van der Waals surface area contributed by atoms with Crippen molar-refractivity contribution < 1.29 is 9.53 Å². The summed E-state index contributed by atoms with van der Waals surface area (Å²) >= 11 is 0. The molecular formula is C21H38N6O2. The van der Waals surface area contributed by atoms with Crippen molar-refractivity contribution in [3.05, 3.63) is 18.0 Å². The molecule has 2 unspecified atom stereocenters. The summed E-state index contributed by atoms with van der Waals surface area (Å²) in [5.74, 6) is 1.41. The van der Waals surface area contributed by atoms with E-state index in [1.165, 1.54) is 19.3 Å². The Morgan fingerprint density at radius 2 is 2.24 bits per heavy atom. The number of aryl methyl sites for hydroxylation is 1. The number of ether oxygens (including phenoxy) is 1. The highest BCUT2D eigenvalue weighted by Crippen LogP contribution is 2.22. The molecule has 1 aliphatic heterocycles. The second-order valence-corrected chi connectivity index (χ2v) is 7.98. The minimum atomic E-state index is -0.0453. The van der Waals surface area contributed by atoms with E-state index in [1.54, 1.807) is 23.7 Å². The summed E-state index contributed by atoms with van der Waals surface area (Å²) in [4.78, 5) is 20.5. The van der Waals surface area contributed by atoms with Gasteiger partial charge in [0.1, 0.15) is 12.6 Å². The minimum Gasteiger partial charge on any atom is -0.370 e. The zero-order chi connectivity index (χ0) is 21.2. The number of guanidine groups is 1. The Bertz CT molecular complexity index is 657. The molecule has 2 heterocycles. The van der Waals surface area contributed by atoms with E-state index in [0.29, 0.717) is 19.1 Å². The van der Waals surface area contributed by atoms with Crippen molar-refractivity contribution >= 4 is 11.9 Å². The van der Waals surface area contributed by atoms with Crippen LogP contribution >= 0.6 is 0 Å². The highest BCUT2D eigenvalue weighted by Gasteiger charge is 2.26. The van der Waals surface area contributed by atoms with Gasteiger partial charge in [-0.05, 0) is 12.3 Å². The zero-order valence-electron chi connectivity index (χ0n) is 18.7. The van der Waals surface area contributed by atoms with Gasteiger partial charge in [0.2, 0.25) is 5.91 Å². The summed E-state index contributed by atoms with van der Waals surface area (Å²) in [7, 11) is 5.43. The number of carbonyl (C=O) groups excluding carboxylic acids is 1. The smallest absolute Gasteiger partial charge is 0.243 e. The van der Waals surface area contributed by atoms with Gasteiger partial charge >= 0.3 is 0 Å². The van der Waals surface area contributed by atoms with Crippen molar-refractivity contribution in [2.75, 3.05) is 46.9 Å². The van der Waals surface area contributed by atoms with Crippen molar-refractivity contribution in [2.45, 2.75) is 45.6 Å². The molecule has 1 aromatic heterocycles. The first-order chi connectivity index (χ1) is 13.9. The number of carbonyl (C=O) groups is 1. The van der Waals surface area contributed by atoms with Crippen LogP contribution in [0.3, 0.4) is 0 Å². The van der Waals surface area contributed by atoms with E-state index in [0.717, 1.165) is 31.0 Å². The lowest BCUT2D eigenvalue weighted by molar-refractivity contribution is -0.127. The van der Waals surface area contributed by atoms with Crippen LogP contribution in [0.4, 0.5) is 0 Å². The molecule has 8 nitrogen and oxygen atoms in total. The molecule has 0 radical (unpaired) electrons. The number of likely N-dealkylation sites (N-methyl/N-ethyl adjacent to an activating group) is 1. The first-order valence-electron chi connectivity index (χ1n) is 10.8. The number of rotatable bonds is 9. The Morgan fingerprint density at radius 3 is 2.86 bits per heavy atom. The number of nitrogens with one attached hydrogen (secondary N) is 1. The van der Waals surface area contributed by atoms with Gasteiger partial charge in [-0.3, -0.25) is 9.48 Å². The fourth-order valence-electron chi connectivity index (χ4n) is 3.38. The van der Waals surface area contributed by atoms with Crippen molar-refractivity contribution in [2.24, 2.45) is 18.0 Å². The monoisotopic (exact) mass is 406 g/mol. The maximum absolute atomic E-state index is 12.1. The topological polar surface area (TPSA) is 75.0 Å². The second-order valence-electron chi connectivity index (χ2n) is 7.98. The molecule has 0 aromatic carbocycles. The van der Waals surface area contributed by atoms with E-state index >= 15 is 0 Å². The number of morpholine rings is 1. The molecule has 2 atom stereocenters. The average molecular weight is 407 g/mol. The molecule has 1 aliphatic rings. The van der Waals surface area contributed by atoms with Crippen LogP contribution in [0.5, 0.6) is 0 Å². The van der Waals surface area contributed by atoms with Crippen LogP contribution in [-0.4, -0.2) is 78.3 Å². The van der Waals surface area contributed by atoms with Gasteiger partial charge < -0.3 is 19.9 Å². The molecule has 0 saturated carbocycles. The number of nitrogens with zero attached hydrogens (tertiary/aromatic N) is 5. The van der Waals surface area contributed by atoms with Crippen LogP contribution < -0.4 is 5.32 Å². The van der Waals surface area contributed by atoms with Crippen LogP contribution in [-0.2, 0) is 16.6 Å². The number of hydrogen-bond acceptors (Lipinski definition) is 4. The van der Waals surface area contributed by atoms with Gasteiger partial charge in [0.25, 0.3) is 0 Å². The van der Waals surface area contributed by atoms with Gasteiger partial charge in [0.05, 0.1) is 19.3 Å². The number of aromatic nitrogens is 2. The molecular weight excluding hydrogens is 368 g/mol. The maximum atomic E-state index is 12.1. The Hall–Kier alpha value is -2.09. The van der Waals surface area contributed by atoms with Gasteiger partial charge in [0, 0.05) is 46.0 Å². The normalized spacial score (nSPS) is 18.6. The van der Waals surface area contributed by atoms with Gasteiger partial charge in [-0.25, -0.2) is 4.99 Å². The zero-order valence-corrected chi connectivity index (χ0v) is 18.7. The van der Waals surface area contributed by atoms with E-state index < -0.39 is 0 Å². The lowest BCUT2D eigenvalue weighted by Crippen LogP contribution is -2.49. The molecule has 0 aliphatic carbocycles. The third-order valence-electron chi connectivity index (χ3n) is 5.42. The molecule has 1 amide bonds. The van der Waals surface area contributed by atoms with Crippen LogP contribution in [0.1, 0.15) is 51.2 Å². The minimum absolute atomic E-state index is 0.000562. The summed E-state index contributed by atoms with van der Waals surface area (Å²) in [6.45, 7) is 7.56. The summed E-state index contributed by atoms with van der Waals surface area (Å²) in [5.41, 5.74) is 1.07. The highest BCUT2D eigenvalue weighted by molar-refractivity contribution is 5.85. The Balaban J connectivity index is 2.08. The predicted molar refractivity (Wildman–Crippen MR) is 116 cm³/mol. The summed E-state index contributed by atoms with van der Waals surface area (Å²) in [6, 6.07) is 0. The van der Waals surface area contributed by atoms with Crippen molar-refractivity contribution in [1.82, 2.24) is 24.9 Å². The summed E-state index contributed by atoms with van der Waals surface area (Å²) in [5, 5.41) is 7.81. The molecule has 0 bridgehead atoms. The summed E-state index contributed by atoms with van der Waals surface area (Å²) in [6.07, 6.45) is 8.61. The Morgan fingerprint density at radius 1 is 1.45 bits per heavy atom. The van der Waals surface area contributed by atoms with E-state index in [4.69, 9.17) is 4.74 Å². The molecule has 0 spiro atoms. The molecule has 1 N–H and O–H groups in total. The predicted octanol–water partition coefficient (Wildman–Crippen LogP) is 2.04. The van der Waals surface area contributed by atoms with E-state index in [9.17, 15) is 4.79 Å². The number of aliphatic imine (C=N–C) groups is 1. The van der Waals surface area contributed by atoms with Gasteiger partial charge in [0.15, 0.2) is 5.96 Å². The van der Waals surface area contributed by atoms with Gasteiger partial charge in [-0.2, -0.15) is 5.10 Å². The molecule has 29 heavy (non-hydrogen) atoms. The molecule has 1 fully saturated rings. The maximum Gasteiger partial charge on any atom is 0.243 e. The molecule has 1 aromatic rings. The quantitative estimate of drug-likeness (QED) is 0.502. The number of amides is 1. The van der Waals surface area contributed by atoms with Gasteiger partial charge in [-0.1, -0.05) is 33.1 Å². The lowest BCUT2D eigenvalue weighted by Gasteiger charge is -2.35. The molecule has 1 saturated heterocycles. The number of hydrogen-bond donors (Lipinski definition) is 1. The first-order valence-corrected chi connectivity index (χ1v) is 10.8. The van der Waals surface area contributed by atoms with Crippen LogP contribution in [0.2, 0.25) is 0 Å². The van der Waals surface area contributed by atoms with E-state index in [-0.39, 0.29) is 18.6 Å². The lowest BCUT2D eigenvalue weighted by atomic mass is 9.99. The van der Waals surface area contributed by atoms with Crippen LogP contribution in [0.25, 0.3) is 0 Å². The second kappa shape index (κ2) is 11.8. The standard InChI is InChI=1S/C21H38N6O2/c1-6-8-9-17(7-2)12-22-21(23-14-20(28)25(3)4)27-10-11-29-19(16-27)18-13-24-26(5)15-18/h13,15,17,19H,6-12,14,16H2,1-5H3,(H,22,23). The highest BCUT2D eigenvalue weighted by atomic mass is 16.5. The summed E-state index contributed by atoms with van der Waals surface area (Å²) < 4.78 is 7.76. The van der Waals surface area contributed by atoms with Crippen molar-refractivity contribution in [1.29, 1.82) is 0 Å². The Labute approximate surface area is 175 Å². The van der Waals surface area contributed by atoms with E-state index in [1.807, 2.05) is 19.4 Å². The SMILES string of the molecule is CCCCC(CC)CNC(=NCC(=O)N(C)C)N1CCOC(c2cnn(C)c2)C1. The third-order valence-corrected chi connectivity index (χ3v) is 5.42. The first kappa shape index (κ1) is 23.2. The fraction of sp³-hybridized carbons (Fsp3) is 0.762. The van der Waals surface area contributed by atoms with Crippen LogP contribution in [0.15, 0.2) is 17.4 Å². The van der Waals surface area contributed by atoms with Gasteiger partial charge in [-0.15, -0.1) is 0 Å². The fourth-order valence-corrected chi connectivity index (χ4v) is 3.38. The molecule has 8 heteroatoms. The molecule has 2 rings (SSSR count).